The highest BCUT2D eigenvalue weighted by atomic mass is 32.1. The third-order valence-electron chi connectivity index (χ3n) is 2.73. The van der Waals surface area contributed by atoms with Crippen LogP contribution in [0, 0.1) is 5.92 Å². The highest BCUT2D eigenvalue weighted by Gasteiger charge is 2.01. The van der Waals surface area contributed by atoms with E-state index < -0.39 is 0 Å². The quantitative estimate of drug-likeness (QED) is 0.614. The van der Waals surface area contributed by atoms with Gasteiger partial charge >= 0.3 is 0 Å². The van der Waals surface area contributed by atoms with E-state index in [1.165, 1.54) is 16.2 Å². The average Bonchev–Trinajstić information content (AvgIpc) is 2.81. The van der Waals surface area contributed by atoms with Gasteiger partial charge in [0.2, 0.25) is 0 Å². The van der Waals surface area contributed by atoms with Gasteiger partial charge in [0, 0.05) is 23.3 Å². The topological polar surface area (TPSA) is 36.4 Å². The van der Waals surface area contributed by atoms with Crippen molar-refractivity contribution in [3.63, 3.8) is 0 Å². The molecule has 0 aliphatic rings. The summed E-state index contributed by atoms with van der Waals surface area (Å²) in [6.45, 7) is 8.48. The Morgan fingerprint density at radius 1 is 1.28 bits per heavy atom. The van der Waals surface area contributed by atoms with Crippen molar-refractivity contribution in [2.45, 2.75) is 40.2 Å². The van der Waals surface area contributed by atoms with Crippen LogP contribution in [0.15, 0.2) is 17.1 Å². The van der Waals surface area contributed by atoms with Gasteiger partial charge in [0.25, 0.3) is 0 Å². The third-order valence-corrected chi connectivity index (χ3v) is 3.96. The molecule has 1 aromatic heterocycles. The van der Waals surface area contributed by atoms with E-state index in [0.29, 0.717) is 0 Å². The molecule has 1 rings (SSSR count). The standard InChI is InChI=1S/C14H25N3S/c1-5-12-6-7-13(18-12)10-17-14(15-4)16-9-8-11(2)3/h6-7,11H,5,8-10H2,1-4H3,(H2,15,16,17). The van der Waals surface area contributed by atoms with Gasteiger partial charge in [-0.05, 0) is 30.9 Å². The Hall–Kier alpha value is -1.03. The second kappa shape index (κ2) is 8.14. The molecule has 0 aromatic carbocycles. The van der Waals surface area contributed by atoms with Gasteiger partial charge in [-0.3, -0.25) is 4.99 Å². The number of nitrogens with zero attached hydrogens (tertiary/aromatic N) is 1. The molecule has 0 aliphatic carbocycles. The predicted molar refractivity (Wildman–Crippen MR) is 81.4 cm³/mol. The van der Waals surface area contributed by atoms with E-state index in [0.717, 1.165) is 31.4 Å². The lowest BCUT2D eigenvalue weighted by atomic mass is 10.1. The number of hydrogen-bond donors (Lipinski definition) is 2. The van der Waals surface area contributed by atoms with Crippen LogP contribution in [0.4, 0.5) is 0 Å². The summed E-state index contributed by atoms with van der Waals surface area (Å²) in [6, 6.07) is 4.40. The fourth-order valence-corrected chi connectivity index (χ4v) is 2.48. The van der Waals surface area contributed by atoms with E-state index in [-0.39, 0.29) is 0 Å². The highest BCUT2D eigenvalue weighted by molar-refractivity contribution is 7.11. The lowest BCUT2D eigenvalue weighted by Crippen LogP contribution is -2.37. The largest absolute Gasteiger partial charge is 0.356 e. The van der Waals surface area contributed by atoms with Crippen molar-refractivity contribution in [1.29, 1.82) is 0 Å². The number of aryl methyl sites for hydroxylation is 1. The van der Waals surface area contributed by atoms with E-state index in [1.807, 2.05) is 18.4 Å². The first-order chi connectivity index (χ1) is 8.65. The lowest BCUT2D eigenvalue weighted by molar-refractivity contribution is 0.574. The summed E-state index contributed by atoms with van der Waals surface area (Å²) in [6.07, 6.45) is 2.28. The van der Waals surface area contributed by atoms with Crippen molar-refractivity contribution >= 4 is 17.3 Å². The highest BCUT2D eigenvalue weighted by Crippen LogP contribution is 2.16. The van der Waals surface area contributed by atoms with Crippen LogP contribution < -0.4 is 10.6 Å². The molecule has 0 aliphatic heterocycles. The van der Waals surface area contributed by atoms with E-state index in [9.17, 15) is 0 Å². The molecule has 0 bridgehead atoms. The van der Waals surface area contributed by atoms with Gasteiger partial charge < -0.3 is 10.6 Å². The van der Waals surface area contributed by atoms with Gasteiger partial charge in [-0.15, -0.1) is 11.3 Å². The Balaban J connectivity index is 2.31. The fraction of sp³-hybridized carbons (Fsp3) is 0.643. The molecule has 3 nitrogen and oxygen atoms in total. The molecule has 4 heteroatoms. The molecule has 0 fully saturated rings. The summed E-state index contributed by atoms with van der Waals surface area (Å²) in [7, 11) is 1.82. The van der Waals surface area contributed by atoms with Crippen LogP contribution in [-0.4, -0.2) is 19.6 Å². The van der Waals surface area contributed by atoms with Crippen LogP contribution in [0.5, 0.6) is 0 Å². The summed E-state index contributed by atoms with van der Waals surface area (Å²) in [5.74, 6) is 1.61. The molecule has 0 radical (unpaired) electrons. The molecule has 1 heterocycles. The summed E-state index contributed by atoms with van der Waals surface area (Å²) in [5.41, 5.74) is 0. The smallest absolute Gasteiger partial charge is 0.191 e. The Labute approximate surface area is 115 Å². The zero-order valence-corrected chi connectivity index (χ0v) is 12.7. The molecule has 1 aromatic rings. The summed E-state index contributed by atoms with van der Waals surface area (Å²) in [5, 5.41) is 6.68. The average molecular weight is 267 g/mol. The lowest BCUT2D eigenvalue weighted by Gasteiger charge is -2.12. The number of guanidine groups is 1. The van der Waals surface area contributed by atoms with Crippen molar-refractivity contribution in [2.24, 2.45) is 10.9 Å². The predicted octanol–water partition coefficient (Wildman–Crippen LogP) is 3.02. The van der Waals surface area contributed by atoms with Gasteiger partial charge in [0.15, 0.2) is 5.96 Å². The van der Waals surface area contributed by atoms with Crippen molar-refractivity contribution < 1.29 is 0 Å². The number of nitrogens with one attached hydrogen (secondary N) is 2. The third kappa shape index (κ3) is 5.54. The summed E-state index contributed by atoms with van der Waals surface area (Å²) < 4.78 is 0. The second-order valence-electron chi connectivity index (χ2n) is 4.76. The molecular weight excluding hydrogens is 242 g/mol. The van der Waals surface area contributed by atoms with Crippen LogP contribution in [0.1, 0.15) is 36.9 Å². The fourth-order valence-electron chi connectivity index (χ4n) is 1.58. The van der Waals surface area contributed by atoms with Crippen LogP contribution in [0.25, 0.3) is 0 Å². The maximum Gasteiger partial charge on any atom is 0.191 e. The Morgan fingerprint density at radius 2 is 2.00 bits per heavy atom. The maximum atomic E-state index is 4.23. The molecule has 0 saturated carbocycles. The second-order valence-corrected chi connectivity index (χ2v) is 6.01. The molecule has 0 spiro atoms. The van der Waals surface area contributed by atoms with Crippen molar-refractivity contribution in [3.05, 3.63) is 21.9 Å². The van der Waals surface area contributed by atoms with Crippen molar-refractivity contribution in [2.75, 3.05) is 13.6 Å². The molecule has 2 N–H and O–H groups in total. The van der Waals surface area contributed by atoms with Crippen LogP contribution >= 0.6 is 11.3 Å². The monoisotopic (exact) mass is 267 g/mol. The molecule has 0 amide bonds. The SMILES string of the molecule is CCc1ccc(CNC(=NC)NCCC(C)C)s1. The van der Waals surface area contributed by atoms with Crippen molar-refractivity contribution in [3.8, 4) is 0 Å². The first-order valence-corrected chi connectivity index (χ1v) is 7.49. The summed E-state index contributed by atoms with van der Waals surface area (Å²) in [4.78, 5) is 7.03. The minimum atomic E-state index is 0.722. The number of thiophene rings is 1. The molecule has 0 unspecified atom stereocenters. The Kier molecular flexibility index (Phi) is 6.80. The number of hydrogen-bond acceptors (Lipinski definition) is 2. The van der Waals surface area contributed by atoms with E-state index >= 15 is 0 Å². The number of rotatable bonds is 6. The van der Waals surface area contributed by atoms with Gasteiger partial charge in [0.05, 0.1) is 6.54 Å². The zero-order valence-electron chi connectivity index (χ0n) is 11.9. The minimum Gasteiger partial charge on any atom is -0.356 e. The van der Waals surface area contributed by atoms with E-state index in [1.54, 1.807) is 0 Å². The Bertz CT molecular complexity index is 369. The van der Waals surface area contributed by atoms with E-state index in [4.69, 9.17) is 0 Å². The Morgan fingerprint density at radius 3 is 2.56 bits per heavy atom. The summed E-state index contributed by atoms with van der Waals surface area (Å²) >= 11 is 1.87. The molecule has 0 saturated heterocycles. The zero-order chi connectivity index (χ0) is 13.4. The van der Waals surface area contributed by atoms with Crippen LogP contribution in [0.2, 0.25) is 0 Å². The van der Waals surface area contributed by atoms with Crippen molar-refractivity contribution in [1.82, 2.24) is 10.6 Å². The van der Waals surface area contributed by atoms with Gasteiger partial charge in [-0.1, -0.05) is 20.8 Å². The first-order valence-electron chi connectivity index (χ1n) is 6.67. The van der Waals surface area contributed by atoms with Crippen LogP contribution in [-0.2, 0) is 13.0 Å². The van der Waals surface area contributed by atoms with Gasteiger partial charge in [-0.2, -0.15) is 0 Å². The van der Waals surface area contributed by atoms with E-state index in [2.05, 4.69) is 48.5 Å². The minimum absolute atomic E-state index is 0.722. The molecule has 102 valence electrons. The van der Waals surface area contributed by atoms with Gasteiger partial charge in [-0.25, -0.2) is 0 Å². The normalized spacial score (nSPS) is 11.9. The molecule has 0 atom stereocenters. The molecule has 18 heavy (non-hydrogen) atoms. The number of aliphatic imine (C=N–C) groups is 1. The van der Waals surface area contributed by atoms with Gasteiger partial charge in [0.1, 0.15) is 0 Å². The van der Waals surface area contributed by atoms with Crippen LogP contribution in [0.3, 0.4) is 0 Å². The molecular formula is C14H25N3S. The first kappa shape index (κ1) is 15.0. The maximum absolute atomic E-state index is 4.23.